The summed E-state index contributed by atoms with van der Waals surface area (Å²) in [6.45, 7) is 0. The van der Waals surface area contributed by atoms with Crippen molar-refractivity contribution in [1.82, 2.24) is 0 Å². The van der Waals surface area contributed by atoms with Crippen LogP contribution < -0.4 is 5.73 Å². The summed E-state index contributed by atoms with van der Waals surface area (Å²) in [5.41, 5.74) is 4.97. The number of hydrogen-bond acceptors (Lipinski definition) is 2. The van der Waals surface area contributed by atoms with Crippen LogP contribution in [0.5, 0.6) is 0 Å². The van der Waals surface area contributed by atoms with Crippen molar-refractivity contribution in [2.75, 3.05) is 0 Å². The van der Waals surface area contributed by atoms with Gasteiger partial charge < -0.3 is 5.73 Å². The van der Waals surface area contributed by atoms with Gasteiger partial charge >= 0.3 is 0 Å². The topological polar surface area (TPSA) is 43.1 Å². The maximum atomic E-state index is 13.8. The Bertz CT molecular complexity index is 484. The summed E-state index contributed by atoms with van der Waals surface area (Å²) in [5.74, 6) is -2.24. The van der Waals surface area contributed by atoms with Crippen molar-refractivity contribution in [2.45, 2.75) is 37.6 Å². The molecule has 2 rings (SSSR count). The fourth-order valence-electron chi connectivity index (χ4n) is 2.45. The summed E-state index contributed by atoms with van der Waals surface area (Å²) in [5, 5.41) is 0. The van der Waals surface area contributed by atoms with E-state index in [4.69, 9.17) is 5.73 Å². The Kier molecular flexibility index (Phi) is 3.82. The van der Waals surface area contributed by atoms with E-state index in [2.05, 4.69) is 15.9 Å². The zero-order valence-electron chi connectivity index (χ0n) is 9.81. The van der Waals surface area contributed by atoms with Gasteiger partial charge in [-0.05, 0) is 40.9 Å². The quantitative estimate of drug-likeness (QED) is 0.684. The van der Waals surface area contributed by atoms with Crippen molar-refractivity contribution in [1.29, 1.82) is 0 Å². The van der Waals surface area contributed by atoms with E-state index in [1.165, 1.54) is 6.07 Å². The van der Waals surface area contributed by atoms with Gasteiger partial charge in [0.25, 0.3) is 0 Å². The van der Waals surface area contributed by atoms with Gasteiger partial charge in [-0.15, -0.1) is 0 Å². The molecule has 0 radical (unpaired) electrons. The second kappa shape index (κ2) is 5.05. The molecule has 0 bridgehead atoms. The van der Waals surface area contributed by atoms with Gasteiger partial charge in [-0.2, -0.15) is 0 Å². The molecule has 1 saturated carbocycles. The number of rotatable bonds is 3. The van der Waals surface area contributed by atoms with Gasteiger partial charge in [0.15, 0.2) is 11.6 Å². The molecule has 0 spiro atoms. The van der Waals surface area contributed by atoms with Gasteiger partial charge in [0.1, 0.15) is 5.82 Å². The average Bonchev–Trinajstić information content (AvgIpc) is 2.71. The first-order chi connectivity index (χ1) is 8.43. The summed E-state index contributed by atoms with van der Waals surface area (Å²) in [4.78, 5) is 12.0. The predicted octanol–water partition coefficient (Wildman–Crippen LogP) is 3.57. The molecule has 0 unspecified atom stereocenters. The van der Waals surface area contributed by atoms with Crippen molar-refractivity contribution in [3.63, 3.8) is 0 Å². The molecule has 2 nitrogen and oxygen atoms in total. The second-order valence-electron chi connectivity index (χ2n) is 4.89. The van der Waals surface area contributed by atoms with Crippen LogP contribution in [0, 0.1) is 11.6 Å². The standard InChI is InChI=1S/C13H14BrF2NO/c14-8-3-4-9(15)11(12(8)16)10(18)7-13(17)5-1-2-6-13/h3-4H,1-2,5-7,17H2. The van der Waals surface area contributed by atoms with Crippen molar-refractivity contribution in [3.05, 3.63) is 33.8 Å². The van der Waals surface area contributed by atoms with Gasteiger partial charge in [0.05, 0.1) is 10.0 Å². The third-order valence-electron chi connectivity index (χ3n) is 3.43. The molecular weight excluding hydrogens is 304 g/mol. The largest absolute Gasteiger partial charge is 0.325 e. The number of benzene rings is 1. The molecular formula is C13H14BrF2NO. The van der Waals surface area contributed by atoms with Gasteiger partial charge in [-0.1, -0.05) is 12.8 Å². The molecule has 1 aromatic rings. The van der Waals surface area contributed by atoms with E-state index in [0.717, 1.165) is 31.7 Å². The molecule has 18 heavy (non-hydrogen) atoms. The molecule has 0 saturated heterocycles. The fourth-order valence-corrected chi connectivity index (χ4v) is 2.78. The molecule has 0 aliphatic heterocycles. The third-order valence-corrected chi connectivity index (χ3v) is 4.05. The Labute approximate surface area is 113 Å². The first-order valence-electron chi connectivity index (χ1n) is 5.88. The van der Waals surface area contributed by atoms with Gasteiger partial charge in [-0.3, -0.25) is 4.79 Å². The van der Waals surface area contributed by atoms with Crippen LogP contribution in [0.2, 0.25) is 0 Å². The molecule has 5 heteroatoms. The van der Waals surface area contributed by atoms with Crippen LogP contribution in [-0.4, -0.2) is 11.3 Å². The molecule has 1 fully saturated rings. The van der Waals surface area contributed by atoms with E-state index in [9.17, 15) is 13.6 Å². The van der Waals surface area contributed by atoms with Crippen LogP contribution in [-0.2, 0) is 0 Å². The van der Waals surface area contributed by atoms with Crippen LogP contribution in [0.1, 0.15) is 42.5 Å². The Balaban J connectivity index is 2.26. The fraction of sp³-hybridized carbons (Fsp3) is 0.462. The highest BCUT2D eigenvalue weighted by Crippen LogP contribution is 2.32. The summed E-state index contributed by atoms with van der Waals surface area (Å²) in [6.07, 6.45) is 3.39. The lowest BCUT2D eigenvalue weighted by atomic mass is 9.89. The van der Waals surface area contributed by atoms with Gasteiger partial charge in [-0.25, -0.2) is 8.78 Å². The van der Waals surface area contributed by atoms with E-state index in [1.54, 1.807) is 0 Å². The monoisotopic (exact) mass is 317 g/mol. The highest BCUT2D eigenvalue weighted by atomic mass is 79.9. The Morgan fingerprint density at radius 3 is 2.56 bits per heavy atom. The normalized spacial score (nSPS) is 18.0. The minimum atomic E-state index is -0.846. The molecule has 0 aromatic heterocycles. The number of ketones is 1. The van der Waals surface area contributed by atoms with Crippen LogP contribution in [0.3, 0.4) is 0 Å². The third kappa shape index (κ3) is 2.62. The lowest BCUT2D eigenvalue weighted by Crippen LogP contribution is -2.39. The van der Waals surface area contributed by atoms with Crippen molar-refractivity contribution >= 4 is 21.7 Å². The zero-order valence-corrected chi connectivity index (χ0v) is 11.4. The van der Waals surface area contributed by atoms with E-state index < -0.39 is 28.5 Å². The Morgan fingerprint density at radius 2 is 1.94 bits per heavy atom. The molecule has 1 aliphatic rings. The lowest BCUT2D eigenvalue weighted by Gasteiger charge is -2.22. The van der Waals surface area contributed by atoms with E-state index in [-0.39, 0.29) is 10.9 Å². The molecule has 1 aromatic carbocycles. The molecule has 0 amide bonds. The zero-order chi connectivity index (χ0) is 13.3. The first-order valence-corrected chi connectivity index (χ1v) is 6.68. The summed E-state index contributed by atoms with van der Waals surface area (Å²) < 4.78 is 27.4. The lowest BCUT2D eigenvalue weighted by molar-refractivity contribution is 0.0944. The van der Waals surface area contributed by atoms with Gasteiger partial charge in [0.2, 0.25) is 0 Å². The molecule has 0 atom stereocenters. The Morgan fingerprint density at radius 1 is 1.33 bits per heavy atom. The van der Waals surface area contributed by atoms with E-state index in [1.807, 2.05) is 0 Å². The number of halogens is 3. The molecule has 98 valence electrons. The predicted molar refractivity (Wildman–Crippen MR) is 68.4 cm³/mol. The SMILES string of the molecule is NC1(CC(=O)c2c(F)ccc(Br)c2F)CCCC1. The number of carbonyl (C=O) groups excluding carboxylic acids is 1. The summed E-state index contributed by atoms with van der Waals surface area (Å²) >= 11 is 2.95. The first kappa shape index (κ1) is 13.6. The van der Waals surface area contributed by atoms with Crippen molar-refractivity contribution < 1.29 is 13.6 Å². The highest BCUT2D eigenvalue weighted by Gasteiger charge is 2.33. The maximum Gasteiger partial charge on any atom is 0.170 e. The minimum Gasteiger partial charge on any atom is -0.325 e. The number of hydrogen-bond donors (Lipinski definition) is 1. The van der Waals surface area contributed by atoms with Crippen LogP contribution in [0.25, 0.3) is 0 Å². The minimum absolute atomic E-state index is 0.00269. The van der Waals surface area contributed by atoms with Crippen molar-refractivity contribution in [2.24, 2.45) is 5.73 Å². The Hall–Kier alpha value is -0.810. The molecule has 1 aliphatic carbocycles. The average molecular weight is 318 g/mol. The second-order valence-corrected chi connectivity index (χ2v) is 5.74. The highest BCUT2D eigenvalue weighted by molar-refractivity contribution is 9.10. The van der Waals surface area contributed by atoms with Crippen LogP contribution in [0.4, 0.5) is 8.78 Å². The van der Waals surface area contributed by atoms with E-state index >= 15 is 0 Å². The van der Waals surface area contributed by atoms with E-state index in [0.29, 0.717) is 0 Å². The number of nitrogens with two attached hydrogens (primary N) is 1. The maximum absolute atomic E-state index is 13.8. The van der Waals surface area contributed by atoms with Crippen LogP contribution in [0.15, 0.2) is 16.6 Å². The van der Waals surface area contributed by atoms with Gasteiger partial charge in [0, 0.05) is 12.0 Å². The summed E-state index contributed by atoms with van der Waals surface area (Å²) in [7, 11) is 0. The number of carbonyl (C=O) groups is 1. The number of Topliss-reactive ketones (excluding diaryl/α,β-unsaturated/α-hetero) is 1. The van der Waals surface area contributed by atoms with Crippen molar-refractivity contribution in [3.8, 4) is 0 Å². The smallest absolute Gasteiger partial charge is 0.170 e. The molecule has 0 heterocycles. The summed E-state index contributed by atoms with van der Waals surface area (Å²) in [6, 6.07) is 2.33. The molecule has 2 N–H and O–H groups in total. The van der Waals surface area contributed by atoms with Crippen LogP contribution >= 0.6 is 15.9 Å².